The molecule has 1 atom stereocenters. The van der Waals surface area contributed by atoms with Gasteiger partial charge in [-0.2, -0.15) is 0 Å². The fourth-order valence-corrected chi connectivity index (χ4v) is 4.45. The second-order valence-electron chi connectivity index (χ2n) is 6.30. The lowest BCUT2D eigenvalue weighted by Gasteiger charge is -2.20. The van der Waals surface area contributed by atoms with Crippen molar-refractivity contribution in [3.63, 3.8) is 0 Å². The Hall–Kier alpha value is -2.11. The van der Waals surface area contributed by atoms with E-state index in [0.29, 0.717) is 17.2 Å². The van der Waals surface area contributed by atoms with Crippen LogP contribution in [0.1, 0.15) is 25.7 Å². The lowest BCUT2D eigenvalue weighted by Crippen LogP contribution is -2.21. The molecule has 1 fully saturated rings. The molecule has 0 bridgehead atoms. The molecule has 4 rings (SSSR count). The zero-order valence-corrected chi connectivity index (χ0v) is 15.7. The van der Waals surface area contributed by atoms with E-state index in [-0.39, 0.29) is 5.25 Å². The van der Waals surface area contributed by atoms with Gasteiger partial charge < -0.3 is 0 Å². The average Bonchev–Trinajstić information content (AvgIpc) is 3.09. The predicted molar refractivity (Wildman–Crippen MR) is 105 cm³/mol. The Bertz CT molecular complexity index is 909. The smallest absolute Gasteiger partial charge is 0.196 e. The van der Waals surface area contributed by atoms with Gasteiger partial charge in [-0.1, -0.05) is 60.1 Å². The molecule has 1 aliphatic rings. The average molecular weight is 384 g/mol. The Morgan fingerprint density at radius 1 is 1.00 bits per heavy atom. The summed E-state index contributed by atoms with van der Waals surface area (Å²) in [6.45, 7) is 0. The molecule has 2 aromatic carbocycles. The van der Waals surface area contributed by atoms with Gasteiger partial charge >= 0.3 is 0 Å². The number of hydrogen-bond donors (Lipinski definition) is 0. The fourth-order valence-electron chi connectivity index (χ4n) is 3.15. The van der Waals surface area contributed by atoms with Gasteiger partial charge in [-0.15, -0.1) is 10.2 Å². The van der Waals surface area contributed by atoms with Gasteiger partial charge in [-0.3, -0.25) is 9.36 Å². The molecule has 0 spiro atoms. The monoisotopic (exact) mass is 383 g/mol. The van der Waals surface area contributed by atoms with Crippen LogP contribution in [0.3, 0.4) is 0 Å². The third-order valence-corrected chi connectivity index (χ3v) is 6.01. The topological polar surface area (TPSA) is 47.8 Å². The molecule has 0 radical (unpaired) electrons. The summed E-state index contributed by atoms with van der Waals surface area (Å²) in [7, 11) is 0. The van der Waals surface area contributed by atoms with Gasteiger partial charge in [-0.05, 0) is 37.1 Å². The van der Waals surface area contributed by atoms with Gasteiger partial charge in [0.25, 0.3) is 0 Å². The van der Waals surface area contributed by atoms with Crippen LogP contribution in [0.4, 0.5) is 0 Å². The van der Waals surface area contributed by atoms with Crippen molar-refractivity contribution >= 4 is 29.1 Å². The highest BCUT2D eigenvalue weighted by Crippen LogP contribution is 2.34. The second kappa shape index (κ2) is 7.64. The Morgan fingerprint density at radius 2 is 1.77 bits per heavy atom. The lowest BCUT2D eigenvalue weighted by molar-refractivity contribution is -0.119. The van der Waals surface area contributed by atoms with E-state index >= 15 is 0 Å². The van der Waals surface area contributed by atoms with Crippen molar-refractivity contribution in [2.75, 3.05) is 0 Å². The first-order valence-corrected chi connectivity index (χ1v) is 9.94. The molecule has 132 valence electrons. The Kier molecular flexibility index (Phi) is 5.09. The molecule has 1 aliphatic carbocycles. The molecule has 1 saturated carbocycles. The quantitative estimate of drug-likeness (QED) is 0.621. The number of nitrogens with zero attached hydrogens (tertiary/aromatic N) is 3. The second-order valence-corrected chi connectivity index (χ2v) is 7.91. The first kappa shape index (κ1) is 17.3. The van der Waals surface area contributed by atoms with Crippen molar-refractivity contribution in [1.82, 2.24) is 14.8 Å². The molecule has 1 unspecified atom stereocenters. The Labute approximate surface area is 161 Å². The number of ketones is 1. The maximum absolute atomic E-state index is 12.3. The SMILES string of the molecule is O=C1CCCCC1Sc1nnc(-c2ccccc2)n1-c1ccc(Cl)cc1. The van der Waals surface area contributed by atoms with Crippen molar-refractivity contribution in [3.8, 4) is 17.1 Å². The van der Waals surface area contributed by atoms with Crippen LogP contribution in [0, 0.1) is 0 Å². The number of thioether (sulfide) groups is 1. The summed E-state index contributed by atoms with van der Waals surface area (Å²) in [6, 6.07) is 17.6. The molecular formula is C20H18ClN3OS. The van der Waals surface area contributed by atoms with Gasteiger partial charge in [0.05, 0.1) is 5.25 Å². The molecular weight excluding hydrogens is 366 g/mol. The Morgan fingerprint density at radius 3 is 2.50 bits per heavy atom. The van der Waals surface area contributed by atoms with E-state index in [0.717, 1.165) is 41.5 Å². The van der Waals surface area contributed by atoms with Gasteiger partial charge in [0.1, 0.15) is 5.78 Å². The van der Waals surface area contributed by atoms with Gasteiger partial charge in [0.2, 0.25) is 0 Å². The minimum atomic E-state index is -0.0392. The van der Waals surface area contributed by atoms with Crippen LogP contribution in [0.2, 0.25) is 5.02 Å². The van der Waals surface area contributed by atoms with Gasteiger partial charge in [-0.25, -0.2) is 0 Å². The summed E-state index contributed by atoms with van der Waals surface area (Å²) in [5.41, 5.74) is 1.92. The third-order valence-electron chi connectivity index (χ3n) is 4.50. The molecule has 0 saturated heterocycles. The number of carbonyl (C=O) groups excluding carboxylic acids is 1. The number of Topliss-reactive ketones (excluding diaryl/α,β-unsaturated/α-hetero) is 1. The third kappa shape index (κ3) is 3.55. The van der Waals surface area contributed by atoms with Crippen LogP contribution >= 0.6 is 23.4 Å². The van der Waals surface area contributed by atoms with E-state index < -0.39 is 0 Å². The summed E-state index contributed by atoms with van der Waals surface area (Å²) in [4.78, 5) is 12.3. The molecule has 1 heterocycles. The van der Waals surface area contributed by atoms with E-state index in [2.05, 4.69) is 10.2 Å². The lowest BCUT2D eigenvalue weighted by atomic mass is 9.99. The van der Waals surface area contributed by atoms with Crippen LogP contribution in [0.15, 0.2) is 59.8 Å². The highest BCUT2D eigenvalue weighted by molar-refractivity contribution is 8.00. The normalized spacial score (nSPS) is 17.4. The summed E-state index contributed by atoms with van der Waals surface area (Å²) >= 11 is 7.57. The van der Waals surface area contributed by atoms with Crippen molar-refractivity contribution < 1.29 is 4.79 Å². The highest BCUT2D eigenvalue weighted by atomic mass is 35.5. The maximum atomic E-state index is 12.3. The van der Waals surface area contributed by atoms with E-state index in [4.69, 9.17) is 11.6 Å². The highest BCUT2D eigenvalue weighted by Gasteiger charge is 2.26. The summed E-state index contributed by atoms with van der Waals surface area (Å²) < 4.78 is 2.01. The number of carbonyl (C=O) groups is 1. The molecule has 3 aromatic rings. The summed E-state index contributed by atoms with van der Waals surface area (Å²) in [5, 5.41) is 10.2. The molecule has 1 aromatic heterocycles. The largest absolute Gasteiger partial charge is 0.298 e. The van der Waals surface area contributed by atoms with Crippen LogP contribution in [-0.4, -0.2) is 25.8 Å². The van der Waals surface area contributed by atoms with Crippen LogP contribution < -0.4 is 0 Å². The van der Waals surface area contributed by atoms with Crippen LogP contribution in [-0.2, 0) is 4.79 Å². The number of halogens is 1. The molecule has 0 N–H and O–H groups in total. The van der Waals surface area contributed by atoms with Gasteiger partial charge in [0, 0.05) is 22.7 Å². The van der Waals surface area contributed by atoms with E-state index in [9.17, 15) is 4.79 Å². The minimum absolute atomic E-state index is 0.0392. The molecule has 26 heavy (non-hydrogen) atoms. The zero-order chi connectivity index (χ0) is 17.9. The van der Waals surface area contributed by atoms with Crippen LogP contribution in [0.25, 0.3) is 17.1 Å². The van der Waals surface area contributed by atoms with Crippen molar-refractivity contribution in [3.05, 3.63) is 59.6 Å². The molecule has 0 aliphatic heterocycles. The number of rotatable bonds is 4. The number of benzene rings is 2. The summed E-state index contributed by atoms with van der Waals surface area (Å²) in [6.07, 6.45) is 3.65. The van der Waals surface area contributed by atoms with Crippen molar-refractivity contribution in [1.29, 1.82) is 0 Å². The first-order chi connectivity index (χ1) is 12.7. The van der Waals surface area contributed by atoms with E-state index in [1.165, 1.54) is 11.8 Å². The zero-order valence-electron chi connectivity index (χ0n) is 14.1. The number of aromatic nitrogens is 3. The van der Waals surface area contributed by atoms with Crippen molar-refractivity contribution in [2.45, 2.75) is 36.1 Å². The van der Waals surface area contributed by atoms with E-state index in [1.807, 2.05) is 59.2 Å². The molecule has 4 nitrogen and oxygen atoms in total. The first-order valence-electron chi connectivity index (χ1n) is 8.68. The standard InChI is InChI=1S/C20H18ClN3OS/c21-15-10-12-16(13-11-15)24-19(14-6-2-1-3-7-14)22-23-20(24)26-18-9-5-4-8-17(18)25/h1-3,6-7,10-13,18H,4-5,8-9H2. The maximum Gasteiger partial charge on any atom is 0.196 e. The predicted octanol–water partition coefficient (Wildman–Crippen LogP) is 5.19. The van der Waals surface area contributed by atoms with E-state index in [1.54, 1.807) is 0 Å². The molecule has 0 amide bonds. The fraction of sp³-hybridized carbons (Fsp3) is 0.250. The Balaban J connectivity index is 1.77. The van der Waals surface area contributed by atoms with Gasteiger partial charge in [0.15, 0.2) is 11.0 Å². The minimum Gasteiger partial charge on any atom is -0.298 e. The van der Waals surface area contributed by atoms with Crippen molar-refractivity contribution in [2.24, 2.45) is 0 Å². The van der Waals surface area contributed by atoms with Crippen LogP contribution in [0.5, 0.6) is 0 Å². The number of hydrogen-bond acceptors (Lipinski definition) is 4. The summed E-state index contributed by atoms with van der Waals surface area (Å²) in [5.74, 6) is 1.08. The molecule has 6 heteroatoms.